The molecule has 0 fully saturated rings. The van der Waals surface area contributed by atoms with E-state index in [0.29, 0.717) is 0 Å². The minimum atomic E-state index is -4.64. The van der Waals surface area contributed by atoms with Gasteiger partial charge in [-0.25, -0.2) is 0 Å². The van der Waals surface area contributed by atoms with E-state index in [-0.39, 0.29) is 22.3 Å². The van der Waals surface area contributed by atoms with E-state index in [9.17, 15) is 27.6 Å². The van der Waals surface area contributed by atoms with Gasteiger partial charge in [-0.1, -0.05) is 30.3 Å². The topological polar surface area (TPSA) is 54.5 Å². The number of carbonyl (C=O) groups excluding carboxylic acids is 3. The van der Waals surface area contributed by atoms with Crippen molar-refractivity contribution in [1.29, 1.82) is 0 Å². The molecule has 136 valence electrons. The summed E-state index contributed by atoms with van der Waals surface area (Å²) in [5, 5.41) is 0. The number of hydrogen-bond donors (Lipinski definition) is 0. The molecule has 0 aromatic heterocycles. The Morgan fingerprint density at radius 3 is 2.33 bits per heavy atom. The second kappa shape index (κ2) is 5.39. The Morgan fingerprint density at radius 2 is 1.63 bits per heavy atom. The van der Waals surface area contributed by atoms with Crippen molar-refractivity contribution in [2.75, 3.05) is 7.05 Å². The number of allylic oxidation sites excluding steroid dienone is 1. The Morgan fingerprint density at radius 1 is 0.926 bits per heavy atom. The summed E-state index contributed by atoms with van der Waals surface area (Å²) in [7, 11) is 1.28. The van der Waals surface area contributed by atoms with E-state index in [1.165, 1.54) is 31.3 Å². The number of fused-ring (bicyclic) bond motifs is 4. The summed E-state index contributed by atoms with van der Waals surface area (Å²) in [5.41, 5.74) is -2.21. The molecule has 7 heteroatoms. The first-order valence-corrected chi connectivity index (χ1v) is 8.05. The number of hydrogen-bond acceptors (Lipinski definition) is 3. The van der Waals surface area contributed by atoms with Gasteiger partial charge in [0.2, 0.25) is 5.91 Å². The summed E-state index contributed by atoms with van der Waals surface area (Å²) >= 11 is 0. The first-order chi connectivity index (χ1) is 12.7. The molecule has 1 aliphatic heterocycles. The molecule has 4 nitrogen and oxygen atoms in total. The Bertz CT molecular complexity index is 1050. The van der Waals surface area contributed by atoms with E-state index in [1.54, 1.807) is 12.1 Å². The Labute approximate surface area is 151 Å². The fraction of sp³-hybridized carbons (Fsp3) is 0.150. The van der Waals surface area contributed by atoms with Crippen molar-refractivity contribution < 1.29 is 27.6 Å². The van der Waals surface area contributed by atoms with E-state index in [0.717, 1.165) is 23.1 Å². The molecular weight excluding hydrogens is 359 g/mol. The number of rotatable bonds is 0. The lowest BCUT2D eigenvalue weighted by Gasteiger charge is -2.41. The summed E-state index contributed by atoms with van der Waals surface area (Å²) in [6, 6.07) is 8.98. The lowest BCUT2D eigenvalue weighted by atomic mass is 9.65. The number of alkyl halides is 3. The van der Waals surface area contributed by atoms with Crippen LogP contribution in [0, 0.1) is 0 Å². The predicted molar refractivity (Wildman–Crippen MR) is 89.2 cm³/mol. The molecule has 0 saturated heterocycles. The van der Waals surface area contributed by atoms with Crippen LogP contribution in [0.15, 0.2) is 54.6 Å². The van der Waals surface area contributed by atoms with Crippen LogP contribution in [0.4, 0.5) is 13.2 Å². The quantitative estimate of drug-likeness (QED) is 0.668. The largest absolute Gasteiger partial charge is 0.416 e. The number of halogens is 3. The maximum absolute atomic E-state index is 13.3. The van der Waals surface area contributed by atoms with Crippen LogP contribution >= 0.6 is 0 Å². The van der Waals surface area contributed by atoms with Gasteiger partial charge >= 0.3 is 6.18 Å². The van der Waals surface area contributed by atoms with E-state index in [4.69, 9.17) is 0 Å². The van der Waals surface area contributed by atoms with Crippen LogP contribution in [0.5, 0.6) is 0 Å². The zero-order valence-corrected chi connectivity index (χ0v) is 14.0. The molecule has 1 spiro atoms. The predicted octanol–water partition coefficient (Wildman–Crippen LogP) is 3.36. The van der Waals surface area contributed by atoms with Crippen LogP contribution in [0.25, 0.3) is 0 Å². The molecule has 4 rings (SSSR count). The highest BCUT2D eigenvalue weighted by Gasteiger charge is 2.52. The van der Waals surface area contributed by atoms with Gasteiger partial charge in [-0.2, -0.15) is 13.2 Å². The molecule has 0 bridgehead atoms. The normalized spacial score (nSPS) is 21.5. The molecule has 1 heterocycles. The lowest BCUT2D eigenvalue weighted by Crippen LogP contribution is -2.53. The number of nitrogens with zero attached hydrogens (tertiary/aromatic N) is 1. The van der Waals surface area contributed by atoms with Crippen molar-refractivity contribution >= 4 is 17.6 Å². The van der Waals surface area contributed by atoms with Crippen LogP contribution in [0.1, 0.15) is 37.4 Å². The second-order valence-corrected chi connectivity index (χ2v) is 6.48. The van der Waals surface area contributed by atoms with Crippen molar-refractivity contribution in [2.24, 2.45) is 0 Å². The van der Waals surface area contributed by atoms with Gasteiger partial charge in [-0.15, -0.1) is 0 Å². The van der Waals surface area contributed by atoms with Gasteiger partial charge < -0.3 is 0 Å². The molecule has 2 amide bonds. The van der Waals surface area contributed by atoms with Crippen LogP contribution in [0.3, 0.4) is 0 Å². The van der Waals surface area contributed by atoms with Gasteiger partial charge in [-0.3, -0.25) is 19.3 Å². The van der Waals surface area contributed by atoms with Crippen molar-refractivity contribution in [1.82, 2.24) is 4.90 Å². The Balaban J connectivity index is 2.11. The van der Waals surface area contributed by atoms with Crippen molar-refractivity contribution in [3.63, 3.8) is 0 Å². The molecule has 2 aromatic carbocycles. The highest BCUT2D eigenvalue weighted by molar-refractivity contribution is 6.19. The minimum absolute atomic E-state index is 0.0106. The van der Waals surface area contributed by atoms with Crippen LogP contribution in [-0.2, 0) is 16.4 Å². The highest BCUT2D eigenvalue weighted by atomic mass is 19.4. The van der Waals surface area contributed by atoms with Crippen molar-refractivity contribution in [3.8, 4) is 0 Å². The van der Waals surface area contributed by atoms with E-state index in [2.05, 4.69) is 0 Å². The van der Waals surface area contributed by atoms with Gasteiger partial charge in [0.05, 0.1) is 5.56 Å². The molecule has 27 heavy (non-hydrogen) atoms. The van der Waals surface area contributed by atoms with Gasteiger partial charge in [0.25, 0.3) is 5.91 Å². The fourth-order valence-electron chi connectivity index (χ4n) is 3.73. The zero-order valence-electron chi connectivity index (χ0n) is 14.0. The first-order valence-electron chi connectivity index (χ1n) is 8.05. The number of benzene rings is 2. The lowest BCUT2D eigenvalue weighted by molar-refractivity contribution is -0.138. The molecule has 0 N–H and O–H groups in total. The molecule has 2 aromatic rings. The third kappa shape index (κ3) is 2.21. The number of amides is 2. The fourth-order valence-corrected chi connectivity index (χ4v) is 3.73. The van der Waals surface area contributed by atoms with Crippen LogP contribution in [0.2, 0.25) is 0 Å². The molecule has 1 atom stereocenters. The summed E-state index contributed by atoms with van der Waals surface area (Å²) in [6.45, 7) is 0. The summed E-state index contributed by atoms with van der Waals surface area (Å²) in [6.07, 6.45) is -2.17. The number of carbonyl (C=O) groups is 3. The number of likely N-dealkylation sites (N-methyl/N-ethyl adjacent to an activating group) is 1. The molecule has 1 unspecified atom stereocenters. The monoisotopic (exact) mass is 371 g/mol. The van der Waals surface area contributed by atoms with Crippen LogP contribution in [-0.4, -0.2) is 29.5 Å². The van der Waals surface area contributed by atoms with Crippen molar-refractivity contribution in [3.05, 3.63) is 82.4 Å². The zero-order chi connectivity index (χ0) is 19.6. The third-order valence-corrected chi connectivity index (χ3v) is 5.05. The van der Waals surface area contributed by atoms with E-state index >= 15 is 0 Å². The van der Waals surface area contributed by atoms with E-state index < -0.39 is 34.8 Å². The first kappa shape index (κ1) is 17.2. The number of imide groups is 1. The minimum Gasteiger partial charge on any atom is -0.289 e. The van der Waals surface area contributed by atoms with E-state index in [1.807, 2.05) is 0 Å². The Kier molecular flexibility index (Phi) is 3.43. The van der Waals surface area contributed by atoms with Gasteiger partial charge in [-0.05, 0) is 35.4 Å². The average Bonchev–Trinajstić information content (AvgIpc) is 2.65. The number of ketones is 1. The standard InChI is InChI=1S/C20H12F3NO3/c1-24-17(26)13-4-2-3-5-14(13)19(18(24)27)9-8-16(25)12-7-6-11(10-15(12)19)20(21,22)23/h2-10H,1H3. The van der Waals surface area contributed by atoms with Gasteiger partial charge in [0.1, 0.15) is 5.41 Å². The van der Waals surface area contributed by atoms with Gasteiger partial charge in [0.15, 0.2) is 5.78 Å². The van der Waals surface area contributed by atoms with Crippen molar-refractivity contribution in [2.45, 2.75) is 11.6 Å². The maximum Gasteiger partial charge on any atom is 0.416 e. The van der Waals surface area contributed by atoms with Crippen LogP contribution < -0.4 is 0 Å². The third-order valence-electron chi connectivity index (χ3n) is 5.05. The average molecular weight is 371 g/mol. The maximum atomic E-state index is 13.3. The smallest absolute Gasteiger partial charge is 0.289 e. The molecular formula is C20H12F3NO3. The Hall–Kier alpha value is -3.22. The second-order valence-electron chi connectivity index (χ2n) is 6.48. The molecule has 0 radical (unpaired) electrons. The van der Waals surface area contributed by atoms with Gasteiger partial charge in [0, 0.05) is 18.2 Å². The summed E-state index contributed by atoms with van der Waals surface area (Å²) in [5.74, 6) is -1.73. The molecule has 0 saturated carbocycles. The summed E-state index contributed by atoms with van der Waals surface area (Å²) in [4.78, 5) is 38.8. The highest BCUT2D eigenvalue weighted by Crippen LogP contribution is 2.46. The molecule has 1 aliphatic carbocycles. The summed E-state index contributed by atoms with van der Waals surface area (Å²) < 4.78 is 39.9. The SMILES string of the molecule is CN1C(=O)c2ccccc2C2(C=CC(=O)c3ccc(C(F)(F)F)cc32)C1=O. The molecule has 2 aliphatic rings.